The molecular weight excluding hydrogens is 240 g/mol. The first-order valence-corrected chi connectivity index (χ1v) is 6.99. The van der Waals surface area contributed by atoms with E-state index in [4.69, 9.17) is 5.11 Å². The minimum atomic E-state index is 0.0596. The number of rotatable bonds is 5. The van der Waals surface area contributed by atoms with Crippen molar-refractivity contribution in [3.8, 4) is 0 Å². The quantitative estimate of drug-likeness (QED) is 0.837. The maximum Gasteiger partial charge on any atom is 0.253 e. The number of hydrogen-bond donors (Lipinski definition) is 2. The molecule has 0 bridgehead atoms. The number of carbonyl (C=O) groups is 1. The Kier molecular flexibility index (Phi) is 4.93. The largest absolute Gasteiger partial charge is 0.396 e. The molecule has 4 heteroatoms. The highest BCUT2D eigenvalue weighted by Crippen LogP contribution is 2.17. The van der Waals surface area contributed by atoms with Gasteiger partial charge in [0.25, 0.3) is 5.91 Å². The lowest BCUT2D eigenvalue weighted by atomic mass is 9.98. The number of benzene rings is 1. The Bertz CT molecular complexity index is 446. The molecule has 0 aliphatic carbocycles. The lowest BCUT2D eigenvalue weighted by molar-refractivity contribution is 0.0754. The lowest BCUT2D eigenvalue weighted by Gasteiger charge is -2.22. The second-order valence-corrected chi connectivity index (χ2v) is 4.87. The maximum atomic E-state index is 12.4. The third-order valence-corrected chi connectivity index (χ3v) is 3.59. The van der Waals surface area contributed by atoms with Crippen LogP contribution in [0, 0.1) is 0 Å². The fourth-order valence-electron chi connectivity index (χ4n) is 2.46. The van der Waals surface area contributed by atoms with E-state index in [1.54, 1.807) is 4.90 Å². The van der Waals surface area contributed by atoms with Gasteiger partial charge in [-0.1, -0.05) is 6.07 Å². The number of aliphatic hydroxyl groups excluding tert-OH is 1. The van der Waals surface area contributed by atoms with Crippen LogP contribution < -0.4 is 5.32 Å². The predicted octanol–water partition coefficient (Wildman–Crippen LogP) is 1.18. The summed E-state index contributed by atoms with van der Waals surface area (Å²) < 4.78 is 0. The van der Waals surface area contributed by atoms with Gasteiger partial charge < -0.3 is 15.3 Å². The molecule has 0 saturated heterocycles. The van der Waals surface area contributed by atoms with Crippen molar-refractivity contribution in [1.82, 2.24) is 10.2 Å². The number of amides is 1. The zero-order chi connectivity index (χ0) is 13.7. The predicted molar refractivity (Wildman–Crippen MR) is 75.1 cm³/mol. The molecule has 1 aliphatic heterocycles. The van der Waals surface area contributed by atoms with Crippen molar-refractivity contribution < 1.29 is 9.90 Å². The van der Waals surface area contributed by atoms with Crippen LogP contribution in [0.1, 0.15) is 34.8 Å². The molecule has 1 amide bonds. The van der Waals surface area contributed by atoms with Crippen LogP contribution in [0.4, 0.5) is 0 Å². The van der Waals surface area contributed by atoms with Gasteiger partial charge in [-0.3, -0.25) is 4.79 Å². The minimum Gasteiger partial charge on any atom is -0.396 e. The number of fused-ring (bicyclic) bond motifs is 1. The summed E-state index contributed by atoms with van der Waals surface area (Å²) in [5, 5.41) is 12.2. The van der Waals surface area contributed by atoms with Crippen LogP contribution in [0.15, 0.2) is 18.2 Å². The van der Waals surface area contributed by atoms with E-state index in [1.807, 2.05) is 19.1 Å². The summed E-state index contributed by atoms with van der Waals surface area (Å²) in [5.41, 5.74) is 3.33. The van der Waals surface area contributed by atoms with Gasteiger partial charge in [0.1, 0.15) is 0 Å². The molecule has 104 valence electrons. The maximum absolute atomic E-state index is 12.4. The van der Waals surface area contributed by atoms with Gasteiger partial charge in [0.15, 0.2) is 0 Å². The van der Waals surface area contributed by atoms with Crippen LogP contribution in [0.2, 0.25) is 0 Å². The Balaban J connectivity index is 2.13. The molecule has 2 rings (SSSR count). The van der Waals surface area contributed by atoms with Crippen LogP contribution in [0.25, 0.3) is 0 Å². The molecule has 1 heterocycles. The smallest absolute Gasteiger partial charge is 0.253 e. The van der Waals surface area contributed by atoms with E-state index in [0.717, 1.165) is 25.1 Å². The van der Waals surface area contributed by atoms with Crippen LogP contribution >= 0.6 is 0 Å². The van der Waals surface area contributed by atoms with Crippen LogP contribution in [-0.2, 0) is 13.0 Å². The number of carbonyl (C=O) groups excluding carboxylic acids is 1. The van der Waals surface area contributed by atoms with E-state index in [2.05, 4.69) is 11.4 Å². The van der Waals surface area contributed by atoms with E-state index in [1.165, 1.54) is 11.1 Å². The molecule has 0 aromatic heterocycles. The van der Waals surface area contributed by atoms with E-state index in [9.17, 15) is 4.79 Å². The number of aliphatic hydroxyl groups is 1. The van der Waals surface area contributed by atoms with Crippen molar-refractivity contribution in [2.45, 2.75) is 26.3 Å². The second-order valence-electron chi connectivity index (χ2n) is 4.87. The molecule has 2 N–H and O–H groups in total. The Labute approximate surface area is 114 Å². The Morgan fingerprint density at radius 2 is 2.26 bits per heavy atom. The Morgan fingerprint density at radius 1 is 1.42 bits per heavy atom. The lowest BCUT2D eigenvalue weighted by Crippen LogP contribution is -2.32. The molecule has 0 radical (unpaired) electrons. The van der Waals surface area contributed by atoms with Crippen molar-refractivity contribution in [2.75, 3.05) is 26.2 Å². The van der Waals surface area contributed by atoms with Crippen molar-refractivity contribution in [3.05, 3.63) is 34.9 Å². The van der Waals surface area contributed by atoms with E-state index >= 15 is 0 Å². The van der Waals surface area contributed by atoms with Crippen LogP contribution in [-0.4, -0.2) is 42.2 Å². The standard InChI is InChI=1S/C15H22N2O2/c1-2-17(8-3-9-18)15(19)13-5-4-12-6-7-16-11-14(12)10-13/h4-5,10,16,18H,2-3,6-9,11H2,1H3. The molecule has 19 heavy (non-hydrogen) atoms. The van der Waals surface area contributed by atoms with Crippen molar-refractivity contribution in [3.63, 3.8) is 0 Å². The van der Waals surface area contributed by atoms with E-state index < -0.39 is 0 Å². The highest BCUT2D eigenvalue weighted by atomic mass is 16.3. The molecule has 4 nitrogen and oxygen atoms in total. The molecule has 0 atom stereocenters. The van der Waals surface area contributed by atoms with Crippen molar-refractivity contribution in [1.29, 1.82) is 0 Å². The number of hydrogen-bond acceptors (Lipinski definition) is 3. The summed E-state index contributed by atoms with van der Waals surface area (Å²) in [6.07, 6.45) is 1.66. The number of nitrogens with one attached hydrogen (secondary N) is 1. The first kappa shape index (κ1) is 14.0. The average molecular weight is 262 g/mol. The van der Waals surface area contributed by atoms with Gasteiger partial charge in [-0.05, 0) is 49.6 Å². The third kappa shape index (κ3) is 3.33. The molecule has 0 saturated carbocycles. The van der Waals surface area contributed by atoms with Gasteiger partial charge in [-0.15, -0.1) is 0 Å². The van der Waals surface area contributed by atoms with Crippen molar-refractivity contribution in [2.24, 2.45) is 0 Å². The molecule has 1 aromatic carbocycles. The van der Waals surface area contributed by atoms with Crippen molar-refractivity contribution >= 4 is 5.91 Å². The summed E-state index contributed by atoms with van der Waals surface area (Å²) >= 11 is 0. The monoisotopic (exact) mass is 262 g/mol. The first-order valence-electron chi connectivity index (χ1n) is 6.99. The zero-order valence-corrected chi connectivity index (χ0v) is 11.5. The normalized spacial score (nSPS) is 14.0. The fourth-order valence-corrected chi connectivity index (χ4v) is 2.46. The molecule has 0 unspecified atom stereocenters. The Morgan fingerprint density at radius 3 is 3.00 bits per heavy atom. The Hall–Kier alpha value is -1.39. The van der Waals surface area contributed by atoms with Crippen LogP contribution in [0.5, 0.6) is 0 Å². The highest BCUT2D eigenvalue weighted by molar-refractivity contribution is 5.94. The average Bonchev–Trinajstić information content (AvgIpc) is 2.47. The minimum absolute atomic E-state index is 0.0596. The molecular formula is C15H22N2O2. The van der Waals surface area contributed by atoms with Gasteiger partial charge in [-0.25, -0.2) is 0 Å². The molecule has 0 fully saturated rings. The first-order chi connectivity index (χ1) is 9.26. The van der Waals surface area contributed by atoms with Gasteiger partial charge in [0.05, 0.1) is 0 Å². The zero-order valence-electron chi connectivity index (χ0n) is 11.5. The van der Waals surface area contributed by atoms with E-state index in [0.29, 0.717) is 19.5 Å². The fraction of sp³-hybridized carbons (Fsp3) is 0.533. The SMILES string of the molecule is CCN(CCCO)C(=O)c1ccc2c(c1)CNCC2. The van der Waals surface area contributed by atoms with Gasteiger partial charge in [-0.2, -0.15) is 0 Å². The van der Waals surface area contributed by atoms with E-state index in [-0.39, 0.29) is 12.5 Å². The van der Waals surface area contributed by atoms with Gasteiger partial charge >= 0.3 is 0 Å². The highest BCUT2D eigenvalue weighted by Gasteiger charge is 2.16. The summed E-state index contributed by atoms with van der Waals surface area (Å²) in [6, 6.07) is 6.00. The van der Waals surface area contributed by atoms with Crippen LogP contribution in [0.3, 0.4) is 0 Å². The summed E-state index contributed by atoms with van der Waals surface area (Å²) in [6.45, 7) is 5.24. The summed E-state index contributed by atoms with van der Waals surface area (Å²) in [4.78, 5) is 14.2. The second kappa shape index (κ2) is 6.68. The third-order valence-electron chi connectivity index (χ3n) is 3.59. The summed E-state index contributed by atoms with van der Waals surface area (Å²) in [5.74, 6) is 0.0596. The van der Waals surface area contributed by atoms with Gasteiger partial charge in [0, 0.05) is 31.8 Å². The summed E-state index contributed by atoms with van der Waals surface area (Å²) in [7, 11) is 0. The molecule has 1 aromatic rings. The molecule has 0 spiro atoms. The number of nitrogens with zero attached hydrogens (tertiary/aromatic N) is 1. The van der Waals surface area contributed by atoms with Gasteiger partial charge in [0.2, 0.25) is 0 Å². The topological polar surface area (TPSA) is 52.6 Å². The molecule has 1 aliphatic rings.